The number of urea groups is 1. The van der Waals surface area contributed by atoms with Crippen LogP contribution in [0.1, 0.15) is 6.42 Å². The van der Waals surface area contributed by atoms with Crippen molar-refractivity contribution >= 4 is 11.7 Å². The van der Waals surface area contributed by atoms with E-state index in [1.165, 1.54) is 0 Å². The van der Waals surface area contributed by atoms with Crippen molar-refractivity contribution in [3.63, 3.8) is 0 Å². The third kappa shape index (κ3) is 4.74. The summed E-state index contributed by atoms with van der Waals surface area (Å²) in [6.07, 6.45) is 0.899. The maximum Gasteiger partial charge on any atom is 0.319 e. The maximum atomic E-state index is 11.5. The van der Waals surface area contributed by atoms with Crippen molar-refractivity contribution in [3.8, 4) is 5.75 Å². The van der Waals surface area contributed by atoms with Crippen LogP contribution in [0.3, 0.4) is 0 Å². The van der Waals surface area contributed by atoms with Crippen molar-refractivity contribution in [1.82, 2.24) is 10.6 Å². The van der Waals surface area contributed by atoms with Crippen molar-refractivity contribution in [1.29, 1.82) is 0 Å². The quantitative estimate of drug-likeness (QED) is 0.656. The molecule has 1 rings (SSSR count). The van der Waals surface area contributed by atoms with Crippen LogP contribution in [0.25, 0.3) is 0 Å². The highest BCUT2D eigenvalue weighted by Gasteiger charge is 2.05. The number of para-hydroxylation sites is 2. The van der Waals surface area contributed by atoms with Crippen molar-refractivity contribution in [2.75, 3.05) is 32.6 Å². The predicted octanol–water partition coefficient (Wildman–Crippen LogP) is 1.43. The molecule has 0 aliphatic rings. The molecule has 1 aromatic rings. The number of nitrogens with one attached hydrogen (secondary N) is 3. The van der Waals surface area contributed by atoms with E-state index in [9.17, 15) is 4.79 Å². The van der Waals surface area contributed by atoms with Crippen molar-refractivity contribution < 1.29 is 9.53 Å². The van der Waals surface area contributed by atoms with Gasteiger partial charge in [0, 0.05) is 6.54 Å². The fourth-order valence-corrected chi connectivity index (χ4v) is 1.38. The molecule has 0 radical (unpaired) electrons. The third-order valence-corrected chi connectivity index (χ3v) is 2.24. The van der Waals surface area contributed by atoms with Gasteiger partial charge in [0.25, 0.3) is 0 Å². The Morgan fingerprint density at radius 1 is 1.29 bits per heavy atom. The summed E-state index contributed by atoms with van der Waals surface area (Å²) in [7, 11) is 3.46. The Morgan fingerprint density at radius 3 is 2.76 bits per heavy atom. The molecule has 5 nitrogen and oxygen atoms in total. The molecule has 0 aromatic heterocycles. The van der Waals surface area contributed by atoms with E-state index >= 15 is 0 Å². The lowest BCUT2D eigenvalue weighted by atomic mass is 10.3. The van der Waals surface area contributed by atoms with Crippen LogP contribution in [0.2, 0.25) is 0 Å². The van der Waals surface area contributed by atoms with Crippen LogP contribution in [0.15, 0.2) is 24.3 Å². The van der Waals surface area contributed by atoms with Gasteiger partial charge in [0.1, 0.15) is 5.75 Å². The lowest BCUT2D eigenvalue weighted by molar-refractivity contribution is 0.252. The Labute approximate surface area is 102 Å². The Hall–Kier alpha value is -1.75. The van der Waals surface area contributed by atoms with E-state index in [0.29, 0.717) is 18.0 Å². The molecule has 17 heavy (non-hydrogen) atoms. The molecule has 0 saturated carbocycles. The number of carbonyl (C=O) groups excluding carboxylic acids is 1. The first-order valence-corrected chi connectivity index (χ1v) is 5.60. The van der Waals surface area contributed by atoms with Crippen molar-refractivity contribution in [3.05, 3.63) is 24.3 Å². The molecule has 0 saturated heterocycles. The van der Waals surface area contributed by atoms with Crippen LogP contribution in [0, 0.1) is 0 Å². The fourth-order valence-electron chi connectivity index (χ4n) is 1.38. The topological polar surface area (TPSA) is 62.4 Å². The first-order valence-electron chi connectivity index (χ1n) is 5.60. The standard InChI is InChI=1S/C12H19N3O2/c1-13-8-5-9-14-12(16)15-10-6-3-4-7-11(10)17-2/h3-4,6-7,13H,5,8-9H2,1-2H3,(H2,14,15,16). The van der Waals surface area contributed by atoms with E-state index in [1.807, 2.05) is 19.2 Å². The van der Waals surface area contributed by atoms with Crippen molar-refractivity contribution in [2.45, 2.75) is 6.42 Å². The second kappa shape index (κ2) is 7.51. The lowest BCUT2D eigenvalue weighted by Crippen LogP contribution is -2.30. The maximum absolute atomic E-state index is 11.5. The highest BCUT2D eigenvalue weighted by Crippen LogP contribution is 2.22. The van der Waals surface area contributed by atoms with Gasteiger partial charge in [-0.3, -0.25) is 0 Å². The van der Waals surface area contributed by atoms with Gasteiger partial charge in [0.2, 0.25) is 0 Å². The first-order chi connectivity index (χ1) is 8.27. The number of carbonyl (C=O) groups is 1. The highest BCUT2D eigenvalue weighted by molar-refractivity contribution is 5.90. The van der Waals surface area contributed by atoms with Crippen LogP contribution < -0.4 is 20.7 Å². The minimum atomic E-state index is -0.217. The zero-order valence-corrected chi connectivity index (χ0v) is 10.2. The molecule has 1 aromatic carbocycles. The average Bonchev–Trinajstić information content (AvgIpc) is 2.35. The summed E-state index contributed by atoms with van der Waals surface area (Å²) < 4.78 is 5.14. The fraction of sp³-hybridized carbons (Fsp3) is 0.417. The number of methoxy groups -OCH3 is 1. The summed E-state index contributed by atoms with van der Waals surface area (Å²) in [5.74, 6) is 0.651. The van der Waals surface area contributed by atoms with Gasteiger partial charge in [0.05, 0.1) is 12.8 Å². The SMILES string of the molecule is CNCCCNC(=O)Nc1ccccc1OC. The largest absolute Gasteiger partial charge is 0.495 e. The molecule has 0 aliphatic heterocycles. The molecule has 0 aliphatic carbocycles. The summed E-state index contributed by atoms with van der Waals surface area (Å²) >= 11 is 0. The van der Waals surface area contributed by atoms with Crippen LogP contribution in [-0.2, 0) is 0 Å². The summed E-state index contributed by atoms with van der Waals surface area (Å²) in [5, 5.41) is 8.53. The van der Waals surface area contributed by atoms with Gasteiger partial charge >= 0.3 is 6.03 Å². The molecule has 0 spiro atoms. The Bertz CT molecular complexity index is 355. The van der Waals surface area contributed by atoms with Gasteiger partial charge in [-0.15, -0.1) is 0 Å². The van der Waals surface area contributed by atoms with Gasteiger partial charge in [-0.1, -0.05) is 12.1 Å². The monoisotopic (exact) mass is 237 g/mol. The number of amides is 2. The molecule has 5 heteroatoms. The van der Waals surface area contributed by atoms with Gasteiger partial charge in [0.15, 0.2) is 0 Å². The number of ether oxygens (including phenoxy) is 1. The summed E-state index contributed by atoms with van der Waals surface area (Å²) in [5.41, 5.74) is 0.668. The van der Waals surface area contributed by atoms with E-state index in [0.717, 1.165) is 13.0 Å². The van der Waals surface area contributed by atoms with E-state index in [2.05, 4.69) is 16.0 Å². The molecule has 2 amide bonds. The van der Waals surface area contributed by atoms with E-state index < -0.39 is 0 Å². The van der Waals surface area contributed by atoms with Gasteiger partial charge in [-0.05, 0) is 32.1 Å². The van der Waals surface area contributed by atoms with Crippen LogP contribution in [-0.4, -0.2) is 33.3 Å². The zero-order valence-electron chi connectivity index (χ0n) is 10.2. The lowest BCUT2D eigenvalue weighted by Gasteiger charge is -2.10. The predicted molar refractivity (Wildman–Crippen MR) is 68.6 cm³/mol. The molecule has 0 unspecified atom stereocenters. The first kappa shape index (κ1) is 13.3. The number of benzene rings is 1. The summed E-state index contributed by atoms with van der Waals surface area (Å²) in [6, 6.07) is 7.09. The highest BCUT2D eigenvalue weighted by atomic mass is 16.5. The van der Waals surface area contributed by atoms with Crippen LogP contribution >= 0.6 is 0 Å². The van der Waals surface area contributed by atoms with Crippen molar-refractivity contribution in [2.24, 2.45) is 0 Å². The average molecular weight is 237 g/mol. The number of rotatable bonds is 6. The second-order valence-electron chi connectivity index (χ2n) is 3.54. The van der Waals surface area contributed by atoms with E-state index in [-0.39, 0.29) is 6.03 Å². The number of hydrogen-bond acceptors (Lipinski definition) is 3. The molecular formula is C12H19N3O2. The minimum Gasteiger partial charge on any atom is -0.495 e. The van der Waals surface area contributed by atoms with E-state index in [4.69, 9.17) is 4.74 Å². The third-order valence-electron chi connectivity index (χ3n) is 2.24. The molecule has 94 valence electrons. The second-order valence-corrected chi connectivity index (χ2v) is 3.54. The Balaban J connectivity index is 2.39. The van der Waals surface area contributed by atoms with Gasteiger partial charge in [-0.25, -0.2) is 4.79 Å². The molecule has 3 N–H and O–H groups in total. The Kier molecular flexibility index (Phi) is 5.88. The molecule has 0 atom stereocenters. The summed E-state index contributed by atoms with van der Waals surface area (Å²) in [4.78, 5) is 11.5. The molecule has 0 heterocycles. The Morgan fingerprint density at radius 2 is 2.06 bits per heavy atom. The normalized spacial score (nSPS) is 9.76. The summed E-state index contributed by atoms with van der Waals surface area (Å²) in [6.45, 7) is 1.52. The van der Waals surface area contributed by atoms with Crippen LogP contribution in [0.5, 0.6) is 5.75 Å². The minimum absolute atomic E-state index is 0.217. The van der Waals surface area contributed by atoms with Crippen LogP contribution in [0.4, 0.5) is 10.5 Å². The molecule has 0 fully saturated rings. The zero-order chi connectivity index (χ0) is 12.5. The van der Waals surface area contributed by atoms with E-state index in [1.54, 1.807) is 19.2 Å². The van der Waals surface area contributed by atoms with Gasteiger partial charge < -0.3 is 20.7 Å². The number of hydrogen-bond donors (Lipinski definition) is 3. The smallest absolute Gasteiger partial charge is 0.319 e. The molecule has 0 bridgehead atoms. The molecular weight excluding hydrogens is 218 g/mol. The van der Waals surface area contributed by atoms with Gasteiger partial charge in [-0.2, -0.15) is 0 Å². The number of anilines is 1.